The zero-order valence-corrected chi connectivity index (χ0v) is 11.2. The molecule has 1 atom stereocenters. The molecule has 2 aliphatic carbocycles. The first-order chi connectivity index (χ1) is 8.80. The Morgan fingerprint density at radius 1 is 1.33 bits per heavy atom. The van der Waals surface area contributed by atoms with Crippen molar-refractivity contribution >= 4 is 17.2 Å². The number of hydrogen-bond acceptors (Lipinski definition) is 3. The normalized spacial score (nSPS) is 30.6. The Bertz CT molecular complexity index is 460. The summed E-state index contributed by atoms with van der Waals surface area (Å²) < 4.78 is 0. The highest BCUT2D eigenvalue weighted by Crippen LogP contribution is 2.48. The first-order valence-electron chi connectivity index (χ1n) is 6.93. The van der Waals surface area contributed by atoms with Crippen LogP contribution in [0.3, 0.4) is 0 Å². The van der Waals surface area contributed by atoms with Crippen LogP contribution in [0.2, 0.25) is 0 Å². The van der Waals surface area contributed by atoms with Gasteiger partial charge in [-0.15, -0.1) is 0 Å². The van der Waals surface area contributed by atoms with Gasteiger partial charge in [0.1, 0.15) is 11.7 Å². The molecule has 1 aliphatic heterocycles. The van der Waals surface area contributed by atoms with Crippen LogP contribution < -0.4 is 5.32 Å². The second kappa shape index (κ2) is 3.81. The number of rotatable bonds is 2. The predicted octanol–water partition coefficient (Wildman–Crippen LogP) is 2.65. The van der Waals surface area contributed by atoms with Crippen molar-refractivity contribution in [3.05, 3.63) is 22.4 Å². The fourth-order valence-corrected chi connectivity index (χ4v) is 4.15. The topological polar surface area (TPSA) is 32.3 Å². The van der Waals surface area contributed by atoms with E-state index in [1.165, 1.54) is 31.2 Å². The second-order valence-corrected chi connectivity index (χ2v) is 6.62. The summed E-state index contributed by atoms with van der Waals surface area (Å²) in [5.74, 6) is 0.366. The molecule has 2 heterocycles. The quantitative estimate of drug-likeness (QED) is 0.888. The molecule has 3 aliphatic rings. The number of amides is 1. The van der Waals surface area contributed by atoms with Gasteiger partial charge in [-0.25, -0.2) is 0 Å². The fraction of sp³-hybridized carbons (Fsp3) is 0.643. The molecule has 1 N–H and O–H groups in total. The summed E-state index contributed by atoms with van der Waals surface area (Å²) in [5, 5.41) is 7.88. The minimum Gasteiger partial charge on any atom is -0.318 e. The van der Waals surface area contributed by atoms with Crippen molar-refractivity contribution in [2.24, 2.45) is 0 Å². The molecule has 1 unspecified atom stereocenters. The van der Waals surface area contributed by atoms with Crippen LogP contribution in [-0.4, -0.2) is 22.4 Å². The Hall–Kier alpha value is -0.870. The van der Waals surface area contributed by atoms with Crippen LogP contribution >= 0.6 is 11.3 Å². The zero-order chi connectivity index (χ0) is 12.2. The standard InChI is InChI=1S/C14H18N2OS/c17-13-14(6-7-14)15-12(10-5-8-18-9-10)16(13)11-3-1-2-4-11/h5,8-9,11-12,15H,1-4,6-7H2. The monoisotopic (exact) mass is 262 g/mol. The van der Waals surface area contributed by atoms with E-state index in [-0.39, 0.29) is 11.7 Å². The van der Waals surface area contributed by atoms with Gasteiger partial charge in [0.05, 0.1) is 0 Å². The highest BCUT2D eigenvalue weighted by molar-refractivity contribution is 7.07. The average Bonchev–Trinajstić information content (AvgIpc) is 2.80. The van der Waals surface area contributed by atoms with E-state index in [4.69, 9.17) is 0 Å². The molecule has 4 heteroatoms. The number of nitrogens with zero attached hydrogens (tertiary/aromatic N) is 1. The van der Waals surface area contributed by atoms with Crippen molar-refractivity contribution in [1.29, 1.82) is 0 Å². The second-order valence-electron chi connectivity index (χ2n) is 5.84. The molecule has 1 spiro atoms. The Balaban J connectivity index is 1.69. The first kappa shape index (κ1) is 11.0. The van der Waals surface area contributed by atoms with Crippen molar-refractivity contribution in [3.8, 4) is 0 Å². The molecule has 96 valence electrons. The Kier molecular flexibility index (Phi) is 2.33. The molecule has 18 heavy (non-hydrogen) atoms. The Morgan fingerprint density at radius 2 is 2.11 bits per heavy atom. The lowest BCUT2D eigenvalue weighted by molar-refractivity contribution is -0.133. The maximum atomic E-state index is 12.6. The minimum atomic E-state index is -0.185. The summed E-state index contributed by atoms with van der Waals surface area (Å²) in [6.07, 6.45) is 7.10. The third kappa shape index (κ3) is 1.48. The number of hydrogen-bond donors (Lipinski definition) is 1. The summed E-state index contributed by atoms with van der Waals surface area (Å²) in [5.41, 5.74) is 1.08. The van der Waals surface area contributed by atoms with E-state index in [2.05, 4.69) is 27.0 Å². The molecule has 3 nitrogen and oxygen atoms in total. The van der Waals surface area contributed by atoms with Crippen molar-refractivity contribution in [2.75, 3.05) is 0 Å². The molecule has 1 saturated heterocycles. The van der Waals surface area contributed by atoms with Crippen LogP contribution in [-0.2, 0) is 4.79 Å². The molecule has 0 aromatic carbocycles. The Labute approximate surface area is 111 Å². The maximum absolute atomic E-state index is 12.6. The van der Waals surface area contributed by atoms with Crippen LogP contribution in [0.25, 0.3) is 0 Å². The van der Waals surface area contributed by atoms with Gasteiger partial charge in [0.2, 0.25) is 5.91 Å². The van der Waals surface area contributed by atoms with E-state index in [1.54, 1.807) is 11.3 Å². The molecule has 1 amide bonds. The summed E-state index contributed by atoms with van der Waals surface area (Å²) in [7, 11) is 0. The fourth-order valence-electron chi connectivity index (χ4n) is 3.47. The zero-order valence-electron chi connectivity index (χ0n) is 10.4. The smallest absolute Gasteiger partial charge is 0.244 e. The molecule has 4 rings (SSSR count). The summed E-state index contributed by atoms with van der Waals surface area (Å²) in [6, 6.07) is 2.62. The molecule has 2 saturated carbocycles. The molecule has 0 radical (unpaired) electrons. The molecule has 1 aromatic heterocycles. The van der Waals surface area contributed by atoms with Gasteiger partial charge in [-0.2, -0.15) is 11.3 Å². The lowest BCUT2D eigenvalue weighted by Gasteiger charge is -2.29. The highest BCUT2D eigenvalue weighted by atomic mass is 32.1. The largest absolute Gasteiger partial charge is 0.318 e. The number of carbonyl (C=O) groups excluding carboxylic acids is 1. The first-order valence-corrected chi connectivity index (χ1v) is 7.87. The van der Waals surface area contributed by atoms with Gasteiger partial charge >= 0.3 is 0 Å². The highest BCUT2D eigenvalue weighted by Gasteiger charge is 2.60. The minimum absolute atomic E-state index is 0.134. The third-order valence-electron chi connectivity index (χ3n) is 4.66. The summed E-state index contributed by atoms with van der Waals surface area (Å²) in [4.78, 5) is 14.8. The van der Waals surface area contributed by atoms with Crippen LogP contribution in [0.15, 0.2) is 16.8 Å². The van der Waals surface area contributed by atoms with Gasteiger partial charge in [-0.3, -0.25) is 10.1 Å². The van der Waals surface area contributed by atoms with Crippen LogP contribution in [0.4, 0.5) is 0 Å². The number of carbonyl (C=O) groups is 1. The van der Waals surface area contributed by atoms with Crippen LogP contribution in [0.5, 0.6) is 0 Å². The van der Waals surface area contributed by atoms with Gasteiger partial charge in [-0.1, -0.05) is 12.8 Å². The lowest BCUT2D eigenvalue weighted by Crippen LogP contribution is -2.38. The molecule has 1 aromatic rings. The van der Waals surface area contributed by atoms with Crippen molar-refractivity contribution in [2.45, 2.75) is 56.3 Å². The Morgan fingerprint density at radius 3 is 2.72 bits per heavy atom. The number of nitrogens with one attached hydrogen (secondary N) is 1. The van der Waals surface area contributed by atoms with E-state index >= 15 is 0 Å². The summed E-state index contributed by atoms with van der Waals surface area (Å²) >= 11 is 1.71. The van der Waals surface area contributed by atoms with E-state index in [0.29, 0.717) is 11.9 Å². The van der Waals surface area contributed by atoms with Gasteiger partial charge < -0.3 is 4.90 Å². The van der Waals surface area contributed by atoms with Gasteiger partial charge in [-0.05, 0) is 48.1 Å². The summed E-state index contributed by atoms with van der Waals surface area (Å²) in [6.45, 7) is 0. The van der Waals surface area contributed by atoms with Crippen LogP contribution in [0, 0.1) is 0 Å². The predicted molar refractivity (Wildman–Crippen MR) is 71.3 cm³/mol. The van der Waals surface area contributed by atoms with Crippen molar-refractivity contribution in [1.82, 2.24) is 10.2 Å². The van der Waals surface area contributed by atoms with Crippen molar-refractivity contribution in [3.63, 3.8) is 0 Å². The van der Waals surface area contributed by atoms with E-state index in [1.807, 2.05) is 0 Å². The lowest BCUT2D eigenvalue weighted by atomic mass is 10.1. The molecule has 0 bridgehead atoms. The molecule has 3 fully saturated rings. The molecular weight excluding hydrogens is 244 g/mol. The van der Waals surface area contributed by atoms with E-state index < -0.39 is 0 Å². The SMILES string of the molecule is O=C1N(C2CCCC2)C(c2ccsc2)NC12CC2. The van der Waals surface area contributed by atoms with Gasteiger partial charge in [0.25, 0.3) is 0 Å². The third-order valence-corrected chi connectivity index (χ3v) is 5.36. The maximum Gasteiger partial charge on any atom is 0.244 e. The van der Waals surface area contributed by atoms with Gasteiger partial charge in [0, 0.05) is 6.04 Å². The number of thiophene rings is 1. The van der Waals surface area contributed by atoms with Crippen LogP contribution in [0.1, 0.15) is 50.3 Å². The van der Waals surface area contributed by atoms with E-state index in [9.17, 15) is 4.79 Å². The van der Waals surface area contributed by atoms with E-state index in [0.717, 1.165) is 12.8 Å². The van der Waals surface area contributed by atoms with Gasteiger partial charge in [0.15, 0.2) is 0 Å². The average molecular weight is 262 g/mol. The molecular formula is C14H18N2OS. The van der Waals surface area contributed by atoms with Crippen molar-refractivity contribution < 1.29 is 4.79 Å².